The summed E-state index contributed by atoms with van der Waals surface area (Å²) < 4.78 is 33.4. The molecule has 4 rings (SSSR count). The highest BCUT2D eigenvalue weighted by Gasteiger charge is 2.31. The molecule has 1 aromatic rings. The maximum absolute atomic E-state index is 13.3. The van der Waals surface area contributed by atoms with Crippen LogP contribution in [0.25, 0.3) is 0 Å². The van der Waals surface area contributed by atoms with Gasteiger partial charge in [0.25, 0.3) is 0 Å². The topological polar surface area (TPSA) is 99.3 Å². The first-order valence-electron chi connectivity index (χ1n) is 12.1. The standard InChI is InChI=1S/C23H34N4O5S2/c28-22(24-8-5-9-25-12-14-32-15-13-25)17-27-20-16-19(6-7-21(20)33-18-23(27)29)34(30,31)26-10-3-1-2-4-11-26/h6-7,16H,1-5,8-15,17-18H2,(H,24,28). The zero-order valence-corrected chi connectivity index (χ0v) is 21.2. The second-order valence-electron chi connectivity index (χ2n) is 8.87. The van der Waals surface area contributed by atoms with E-state index in [-0.39, 0.29) is 29.0 Å². The first-order chi connectivity index (χ1) is 16.4. The van der Waals surface area contributed by atoms with Crippen molar-refractivity contribution in [1.82, 2.24) is 14.5 Å². The van der Waals surface area contributed by atoms with Gasteiger partial charge in [-0.25, -0.2) is 8.42 Å². The fourth-order valence-electron chi connectivity index (χ4n) is 4.50. The summed E-state index contributed by atoms with van der Waals surface area (Å²) in [6.45, 7) is 5.66. The minimum atomic E-state index is -3.64. The van der Waals surface area contributed by atoms with E-state index in [1.165, 1.54) is 16.7 Å². The molecule has 3 aliphatic rings. The number of benzene rings is 1. The predicted octanol–water partition coefficient (Wildman–Crippen LogP) is 1.53. The molecular weight excluding hydrogens is 476 g/mol. The monoisotopic (exact) mass is 510 g/mol. The molecule has 0 spiro atoms. The minimum Gasteiger partial charge on any atom is -0.379 e. The van der Waals surface area contributed by atoms with Gasteiger partial charge in [-0.05, 0) is 44.0 Å². The van der Waals surface area contributed by atoms with E-state index >= 15 is 0 Å². The number of amides is 2. The van der Waals surface area contributed by atoms with Gasteiger partial charge in [0, 0.05) is 37.6 Å². The second-order valence-corrected chi connectivity index (χ2v) is 11.8. The van der Waals surface area contributed by atoms with E-state index < -0.39 is 10.0 Å². The number of carbonyl (C=O) groups is 2. The Morgan fingerprint density at radius 1 is 1.06 bits per heavy atom. The molecule has 0 atom stereocenters. The third-order valence-electron chi connectivity index (χ3n) is 6.45. The van der Waals surface area contributed by atoms with Gasteiger partial charge in [-0.15, -0.1) is 11.8 Å². The summed E-state index contributed by atoms with van der Waals surface area (Å²) in [5.41, 5.74) is 0.501. The zero-order chi connectivity index (χ0) is 24.0. The van der Waals surface area contributed by atoms with Crippen molar-refractivity contribution in [3.05, 3.63) is 18.2 Å². The van der Waals surface area contributed by atoms with Crippen LogP contribution in [0.1, 0.15) is 32.1 Å². The Morgan fingerprint density at radius 2 is 1.79 bits per heavy atom. The Kier molecular flexibility index (Phi) is 8.86. The molecule has 188 valence electrons. The highest BCUT2D eigenvalue weighted by Crippen LogP contribution is 2.37. The zero-order valence-electron chi connectivity index (χ0n) is 19.5. The Labute approximate surface area is 206 Å². The molecule has 2 fully saturated rings. The second kappa shape index (κ2) is 11.9. The van der Waals surface area contributed by atoms with Crippen molar-refractivity contribution in [3.63, 3.8) is 0 Å². The van der Waals surface area contributed by atoms with Crippen molar-refractivity contribution < 1.29 is 22.7 Å². The summed E-state index contributed by atoms with van der Waals surface area (Å²) in [5, 5.41) is 2.90. The largest absolute Gasteiger partial charge is 0.379 e. The van der Waals surface area contributed by atoms with Crippen LogP contribution < -0.4 is 10.2 Å². The molecule has 1 N–H and O–H groups in total. The number of fused-ring (bicyclic) bond motifs is 1. The summed E-state index contributed by atoms with van der Waals surface area (Å²) >= 11 is 1.38. The number of ether oxygens (including phenoxy) is 1. The lowest BCUT2D eigenvalue weighted by atomic mass is 10.2. The van der Waals surface area contributed by atoms with Crippen LogP contribution in [0, 0.1) is 0 Å². The summed E-state index contributed by atoms with van der Waals surface area (Å²) in [6, 6.07) is 4.93. The number of hydrogen-bond donors (Lipinski definition) is 1. The molecule has 0 aromatic heterocycles. The lowest BCUT2D eigenvalue weighted by Crippen LogP contribution is -2.44. The fourth-order valence-corrected chi connectivity index (χ4v) is 6.96. The Hall–Kier alpha value is -1.66. The molecule has 3 heterocycles. The number of rotatable bonds is 8. The summed E-state index contributed by atoms with van der Waals surface area (Å²) in [5.74, 6) is -0.200. The van der Waals surface area contributed by atoms with Crippen LogP contribution in [-0.2, 0) is 24.3 Å². The number of carbonyl (C=O) groups excluding carboxylic acids is 2. The normalized spacial score (nSPS) is 20.6. The van der Waals surface area contributed by atoms with Crippen molar-refractivity contribution in [1.29, 1.82) is 0 Å². The molecule has 2 amide bonds. The van der Waals surface area contributed by atoms with Crippen LogP contribution >= 0.6 is 11.8 Å². The number of thioether (sulfide) groups is 1. The molecule has 9 nitrogen and oxygen atoms in total. The number of hydrogen-bond acceptors (Lipinski definition) is 7. The molecule has 0 unspecified atom stereocenters. The maximum atomic E-state index is 13.3. The van der Waals surface area contributed by atoms with E-state index in [1.54, 1.807) is 22.5 Å². The van der Waals surface area contributed by atoms with Crippen molar-refractivity contribution in [2.45, 2.75) is 41.9 Å². The number of sulfonamides is 1. The average Bonchev–Trinajstić information content (AvgIpc) is 3.14. The van der Waals surface area contributed by atoms with Gasteiger partial charge in [0.15, 0.2) is 0 Å². The van der Waals surface area contributed by atoms with Crippen molar-refractivity contribution >= 4 is 39.3 Å². The first kappa shape index (κ1) is 25.4. The van der Waals surface area contributed by atoms with Gasteiger partial charge >= 0.3 is 0 Å². The summed E-state index contributed by atoms with van der Waals surface area (Å²) in [7, 11) is -3.64. The van der Waals surface area contributed by atoms with Crippen LogP contribution in [0.2, 0.25) is 0 Å². The summed E-state index contributed by atoms with van der Waals surface area (Å²) in [6.07, 6.45) is 4.62. The van der Waals surface area contributed by atoms with Crippen molar-refractivity contribution in [2.24, 2.45) is 0 Å². The third kappa shape index (κ3) is 6.31. The van der Waals surface area contributed by atoms with Gasteiger partial charge in [-0.3, -0.25) is 14.5 Å². The molecule has 0 bridgehead atoms. The van der Waals surface area contributed by atoms with Crippen molar-refractivity contribution in [3.8, 4) is 0 Å². The number of anilines is 1. The molecule has 3 aliphatic heterocycles. The highest BCUT2D eigenvalue weighted by molar-refractivity contribution is 8.00. The van der Waals surface area contributed by atoms with Gasteiger partial charge in [0.1, 0.15) is 6.54 Å². The molecule has 0 radical (unpaired) electrons. The fraction of sp³-hybridized carbons (Fsp3) is 0.652. The van der Waals surface area contributed by atoms with Crippen LogP contribution in [-0.4, -0.2) is 94.2 Å². The lowest BCUT2D eigenvalue weighted by molar-refractivity contribution is -0.123. The van der Waals surface area contributed by atoms with E-state index in [2.05, 4.69) is 10.2 Å². The van der Waals surface area contributed by atoms with E-state index in [0.717, 1.165) is 69.8 Å². The molecule has 0 saturated carbocycles. The predicted molar refractivity (Wildman–Crippen MR) is 132 cm³/mol. The van der Waals surface area contributed by atoms with Crippen LogP contribution in [0.4, 0.5) is 5.69 Å². The lowest BCUT2D eigenvalue weighted by Gasteiger charge is -2.29. The van der Waals surface area contributed by atoms with Gasteiger partial charge in [0.2, 0.25) is 21.8 Å². The Bertz CT molecular complexity index is 974. The Balaban J connectivity index is 1.40. The first-order valence-corrected chi connectivity index (χ1v) is 14.5. The highest BCUT2D eigenvalue weighted by atomic mass is 32.2. The molecule has 11 heteroatoms. The van der Waals surface area contributed by atoms with Crippen LogP contribution in [0.3, 0.4) is 0 Å². The van der Waals surface area contributed by atoms with Crippen LogP contribution in [0.15, 0.2) is 28.0 Å². The van der Waals surface area contributed by atoms with E-state index in [1.807, 2.05) is 0 Å². The molecule has 34 heavy (non-hydrogen) atoms. The van der Waals surface area contributed by atoms with Gasteiger partial charge in [0.05, 0.1) is 29.5 Å². The smallest absolute Gasteiger partial charge is 0.243 e. The van der Waals surface area contributed by atoms with E-state index in [0.29, 0.717) is 25.3 Å². The van der Waals surface area contributed by atoms with Crippen molar-refractivity contribution in [2.75, 3.05) is 69.7 Å². The van der Waals surface area contributed by atoms with E-state index in [9.17, 15) is 18.0 Å². The molecule has 0 aliphatic carbocycles. The van der Waals surface area contributed by atoms with E-state index in [4.69, 9.17) is 4.74 Å². The quantitative estimate of drug-likeness (QED) is 0.530. The van der Waals surface area contributed by atoms with Gasteiger partial charge < -0.3 is 15.0 Å². The van der Waals surface area contributed by atoms with Crippen LogP contribution in [0.5, 0.6) is 0 Å². The average molecular weight is 511 g/mol. The van der Waals surface area contributed by atoms with Gasteiger partial charge in [-0.2, -0.15) is 4.31 Å². The number of morpholine rings is 1. The Morgan fingerprint density at radius 3 is 2.53 bits per heavy atom. The summed E-state index contributed by atoms with van der Waals surface area (Å²) in [4.78, 5) is 30.0. The minimum absolute atomic E-state index is 0.114. The molecule has 1 aromatic carbocycles. The number of nitrogens with zero attached hydrogens (tertiary/aromatic N) is 3. The molecule has 2 saturated heterocycles. The SMILES string of the molecule is O=C(CN1C(=O)CSc2ccc(S(=O)(=O)N3CCCCCC3)cc21)NCCCN1CCOCC1. The van der Waals surface area contributed by atoms with Gasteiger partial charge in [-0.1, -0.05) is 12.8 Å². The third-order valence-corrected chi connectivity index (χ3v) is 9.40. The maximum Gasteiger partial charge on any atom is 0.243 e. The number of nitrogens with one attached hydrogen (secondary N) is 1. The molecular formula is C23H34N4O5S2.